The van der Waals surface area contributed by atoms with E-state index in [1.807, 2.05) is 0 Å². The molecular formula is C12H15N5O2. The fraction of sp³-hybridized carbons (Fsp3) is 0.333. The molecule has 2 N–H and O–H groups in total. The molecule has 0 saturated heterocycles. The first-order chi connectivity index (χ1) is 8.79. The Morgan fingerprint density at radius 3 is 2.63 bits per heavy atom. The molecule has 0 fully saturated rings. The van der Waals surface area contributed by atoms with Crippen molar-refractivity contribution in [3.05, 3.63) is 45.8 Å². The summed E-state index contributed by atoms with van der Waals surface area (Å²) >= 11 is 0. The number of nitro benzene ring substituents is 1. The quantitative estimate of drug-likeness (QED) is 0.669. The first-order valence-electron chi connectivity index (χ1n) is 5.76. The molecule has 0 atom stereocenters. The first-order valence-corrected chi connectivity index (χ1v) is 5.76. The molecule has 0 aliphatic rings. The van der Waals surface area contributed by atoms with E-state index in [0.29, 0.717) is 11.4 Å². The molecule has 100 valence electrons. The smallest absolute Gasteiger partial charge is 0.295 e. The SMILES string of the molecule is Cc1ccc(-n2cc(C(C)(C)N)nn2)c([N+](=O)[O-])c1. The Balaban J connectivity index is 2.53. The summed E-state index contributed by atoms with van der Waals surface area (Å²) in [5.41, 5.74) is 7.03. The fourth-order valence-corrected chi connectivity index (χ4v) is 1.65. The monoisotopic (exact) mass is 261 g/mol. The van der Waals surface area contributed by atoms with Crippen molar-refractivity contribution >= 4 is 5.69 Å². The third kappa shape index (κ3) is 2.60. The summed E-state index contributed by atoms with van der Waals surface area (Å²) < 4.78 is 1.38. The van der Waals surface area contributed by atoms with E-state index in [0.717, 1.165) is 5.56 Å². The third-order valence-electron chi connectivity index (χ3n) is 2.73. The van der Waals surface area contributed by atoms with Crippen LogP contribution in [0.4, 0.5) is 5.69 Å². The molecule has 0 saturated carbocycles. The second-order valence-corrected chi connectivity index (χ2v) is 5.02. The van der Waals surface area contributed by atoms with E-state index in [4.69, 9.17) is 5.73 Å². The van der Waals surface area contributed by atoms with E-state index in [1.165, 1.54) is 10.7 Å². The second kappa shape index (κ2) is 4.43. The van der Waals surface area contributed by atoms with Crippen LogP contribution in [-0.4, -0.2) is 19.9 Å². The van der Waals surface area contributed by atoms with Crippen molar-refractivity contribution in [3.63, 3.8) is 0 Å². The summed E-state index contributed by atoms with van der Waals surface area (Å²) in [6.07, 6.45) is 1.61. The zero-order chi connectivity index (χ0) is 14.2. The van der Waals surface area contributed by atoms with Gasteiger partial charge < -0.3 is 5.73 Å². The molecule has 2 aromatic rings. The highest BCUT2D eigenvalue weighted by Gasteiger charge is 2.21. The van der Waals surface area contributed by atoms with Crippen LogP contribution in [0, 0.1) is 17.0 Å². The molecule has 0 amide bonds. The molecule has 7 heteroatoms. The lowest BCUT2D eigenvalue weighted by atomic mass is 10.0. The van der Waals surface area contributed by atoms with Gasteiger partial charge in [0, 0.05) is 6.07 Å². The number of rotatable bonds is 3. The summed E-state index contributed by atoms with van der Waals surface area (Å²) in [6, 6.07) is 4.94. The lowest BCUT2D eigenvalue weighted by Gasteiger charge is -2.13. The second-order valence-electron chi connectivity index (χ2n) is 5.02. The minimum Gasteiger partial charge on any atom is -0.320 e. The summed E-state index contributed by atoms with van der Waals surface area (Å²) in [6.45, 7) is 5.39. The van der Waals surface area contributed by atoms with Gasteiger partial charge in [0.05, 0.1) is 16.7 Å². The van der Waals surface area contributed by atoms with Gasteiger partial charge in [0.2, 0.25) is 0 Å². The summed E-state index contributed by atoms with van der Waals surface area (Å²) in [5, 5.41) is 18.9. The molecule has 0 radical (unpaired) electrons. The average Bonchev–Trinajstić information content (AvgIpc) is 2.77. The van der Waals surface area contributed by atoms with Crippen molar-refractivity contribution in [2.24, 2.45) is 5.73 Å². The molecule has 0 unspecified atom stereocenters. The van der Waals surface area contributed by atoms with E-state index < -0.39 is 10.5 Å². The van der Waals surface area contributed by atoms with Crippen molar-refractivity contribution in [1.29, 1.82) is 0 Å². The lowest BCUT2D eigenvalue weighted by molar-refractivity contribution is -0.384. The largest absolute Gasteiger partial charge is 0.320 e. The van der Waals surface area contributed by atoms with Crippen molar-refractivity contribution in [1.82, 2.24) is 15.0 Å². The summed E-state index contributed by atoms with van der Waals surface area (Å²) in [4.78, 5) is 10.6. The maximum atomic E-state index is 11.1. The van der Waals surface area contributed by atoms with E-state index in [9.17, 15) is 10.1 Å². The van der Waals surface area contributed by atoms with Crippen molar-refractivity contribution in [2.45, 2.75) is 26.3 Å². The molecule has 7 nitrogen and oxygen atoms in total. The fourth-order valence-electron chi connectivity index (χ4n) is 1.65. The number of hydrogen-bond acceptors (Lipinski definition) is 5. The van der Waals surface area contributed by atoms with Gasteiger partial charge in [-0.25, -0.2) is 4.68 Å². The average molecular weight is 261 g/mol. The Hall–Kier alpha value is -2.28. The Kier molecular flexibility index (Phi) is 3.07. The van der Waals surface area contributed by atoms with Crippen LogP contribution in [0.1, 0.15) is 25.1 Å². The molecule has 0 bridgehead atoms. The predicted octanol–water partition coefficient (Wildman–Crippen LogP) is 1.68. The van der Waals surface area contributed by atoms with Crippen molar-refractivity contribution < 1.29 is 4.92 Å². The third-order valence-corrected chi connectivity index (χ3v) is 2.73. The Labute approximate surface area is 110 Å². The van der Waals surface area contributed by atoms with E-state index in [2.05, 4.69) is 10.3 Å². The minimum absolute atomic E-state index is 0.00808. The summed E-state index contributed by atoms with van der Waals surface area (Å²) in [7, 11) is 0. The van der Waals surface area contributed by atoms with Crippen LogP contribution in [0.3, 0.4) is 0 Å². The number of hydrogen-bond donors (Lipinski definition) is 1. The maximum absolute atomic E-state index is 11.1. The normalized spacial score (nSPS) is 11.6. The predicted molar refractivity (Wildman–Crippen MR) is 70.0 cm³/mol. The number of nitrogens with zero attached hydrogens (tertiary/aromatic N) is 4. The molecule has 0 aliphatic heterocycles. The number of aromatic nitrogens is 3. The topological polar surface area (TPSA) is 99.9 Å². The molecular weight excluding hydrogens is 246 g/mol. The highest BCUT2D eigenvalue weighted by molar-refractivity contribution is 5.53. The van der Waals surface area contributed by atoms with E-state index >= 15 is 0 Å². The van der Waals surface area contributed by atoms with Gasteiger partial charge in [0.1, 0.15) is 11.4 Å². The Morgan fingerprint density at radius 2 is 2.11 bits per heavy atom. The number of nitrogens with two attached hydrogens (primary N) is 1. The van der Waals surface area contributed by atoms with Crippen LogP contribution in [0.5, 0.6) is 0 Å². The maximum Gasteiger partial charge on any atom is 0.295 e. The van der Waals surface area contributed by atoms with Crippen LogP contribution < -0.4 is 5.73 Å². The van der Waals surface area contributed by atoms with Crippen molar-refractivity contribution in [3.8, 4) is 5.69 Å². The molecule has 0 aliphatic carbocycles. The first kappa shape index (κ1) is 13.2. The Morgan fingerprint density at radius 1 is 1.42 bits per heavy atom. The van der Waals surface area contributed by atoms with Gasteiger partial charge in [-0.05, 0) is 32.4 Å². The number of aryl methyl sites for hydroxylation is 1. The van der Waals surface area contributed by atoms with Gasteiger partial charge in [0.15, 0.2) is 0 Å². The number of benzene rings is 1. The van der Waals surface area contributed by atoms with Gasteiger partial charge in [-0.15, -0.1) is 5.10 Å². The van der Waals surface area contributed by atoms with Gasteiger partial charge in [0.25, 0.3) is 5.69 Å². The minimum atomic E-state index is -0.641. The van der Waals surface area contributed by atoms with E-state index in [1.54, 1.807) is 39.1 Å². The highest BCUT2D eigenvalue weighted by atomic mass is 16.6. The lowest BCUT2D eigenvalue weighted by Crippen LogP contribution is -2.29. The van der Waals surface area contributed by atoms with Crippen molar-refractivity contribution in [2.75, 3.05) is 0 Å². The summed E-state index contributed by atoms with van der Waals surface area (Å²) in [5.74, 6) is 0. The van der Waals surface area contributed by atoms with Crippen LogP contribution >= 0.6 is 0 Å². The molecule has 1 aromatic carbocycles. The van der Waals surface area contributed by atoms with Gasteiger partial charge in [-0.3, -0.25) is 10.1 Å². The van der Waals surface area contributed by atoms with E-state index in [-0.39, 0.29) is 5.69 Å². The molecule has 0 spiro atoms. The number of nitro groups is 1. The highest BCUT2D eigenvalue weighted by Crippen LogP contribution is 2.24. The zero-order valence-electron chi connectivity index (χ0n) is 11.0. The zero-order valence-corrected chi connectivity index (χ0v) is 11.0. The standard InChI is InChI=1S/C12H15N5O2/c1-8-4-5-9(10(6-8)17(18)19)16-7-11(14-15-16)12(2,3)13/h4-7H,13H2,1-3H3. The molecule has 2 rings (SSSR count). The van der Waals surface area contributed by atoms with Gasteiger partial charge in [-0.1, -0.05) is 11.3 Å². The van der Waals surface area contributed by atoms with Gasteiger partial charge in [-0.2, -0.15) is 0 Å². The van der Waals surface area contributed by atoms with Gasteiger partial charge >= 0.3 is 0 Å². The Bertz CT molecular complexity index is 627. The van der Waals surface area contributed by atoms with Crippen LogP contribution in [0.2, 0.25) is 0 Å². The van der Waals surface area contributed by atoms with Crippen LogP contribution in [0.25, 0.3) is 5.69 Å². The molecule has 1 aromatic heterocycles. The van der Waals surface area contributed by atoms with Crippen LogP contribution in [0.15, 0.2) is 24.4 Å². The molecule has 19 heavy (non-hydrogen) atoms. The van der Waals surface area contributed by atoms with Crippen LogP contribution in [-0.2, 0) is 5.54 Å². The molecule has 1 heterocycles.